The summed E-state index contributed by atoms with van der Waals surface area (Å²) < 4.78 is 5.47. The van der Waals surface area contributed by atoms with Gasteiger partial charge in [0, 0.05) is 6.04 Å². The van der Waals surface area contributed by atoms with Crippen LogP contribution >= 0.6 is 0 Å². The zero-order valence-corrected chi connectivity index (χ0v) is 20.9. The Hall–Kier alpha value is -3.93. The van der Waals surface area contributed by atoms with Crippen LogP contribution in [0, 0.1) is 5.41 Å². The van der Waals surface area contributed by atoms with Gasteiger partial charge in [-0.3, -0.25) is 14.4 Å². The van der Waals surface area contributed by atoms with Crippen LogP contribution in [-0.4, -0.2) is 29.0 Å². The highest BCUT2D eigenvalue weighted by Gasteiger charge is 2.44. The number of esters is 1. The van der Waals surface area contributed by atoms with Crippen molar-refractivity contribution in [3.8, 4) is 11.1 Å². The zero-order chi connectivity index (χ0) is 26.1. The van der Waals surface area contributed by atoms with Crippen molar-refractivity contribution >= 4 is 17.8 Å². The average Bonchev–Trinajstić information content (AvgIpc) is 3.38. The summed E-state index contributed by atoms with van der Waals surface area (Å²) >= 11 is 0. The third kappa shape index (κ3) is 7.29. The van der Waals surface area contributed by atoms with Crippen LogP contribution in [0.4, 0.5) is 0 Å². The van der Waals surface area contributed by atoms with E-state index in [1.807, 2.05) is 84.9 Å². The number of carbonyl (C=O) groups excluding carboxylic acids is 2. The first-order chi connectivity index (χ1) is 17.9. The van der Waals surface area contributed by atoms with Crippen LogP contribution in [0.2, 0.25) is 0 Å². The molecule has 3 aromatic rings. The van der Waals surface area contributed by atoms with E-state index < -0.39 is 23.4 Å². The molecular weight excluding hydrogens is 466 g/mol. The minimum atomic E-state index is -0.978. The molecule has 0 radical (unpaired) electrons. The number of hydrogen-bond acceptors (Lipinski definition) is 4. The molecule has 1 saturated carbocycles. The lowest BCUT2D eigenvalue weighted by atomic mass is 9.81. The zero-order valence-electron chi connectivity index (χ0n) is 20.9. The van der Waals surface area contributed by atoms with Crippen LogP contribution in [0.15, 0.2) is 84.9 Å². The van der Waals surface area contributed by atoms with Crippen LogP contribution in [0.1, 0.15) is 49.7 Å². The number of benzene rings is 3. The Balaban J connectivity index is 1.41. The molecule has 1 amide bonds. The van der Waals surface area contributed by atoms with E-state index in [4.69, 9.17) is 4.74 Å². The molecule has 0 bridgehead atoms. The Morgan fingerprint density at radius 1 is 0.811 bits per heavy atom. The highest BCUT2D eigenvalue weighted by Crippen LogP contribution is 2.42. The molecule has 4 rings (SSSR count). The molecule has 192 valence electrons. The summed E-state index contributed by atoms with van der Waals surface area (Å²) in [5.74, 6) is -1.64. The average molecular weight is 500 g/mol. The van der Waals surface area contributed by atoms with Gasteiger partial charge in [-0.15, -0.1) is 0 Å². The van der Waals surface area contributed by atoms with Gasteiger partial charge in [0.15, 0.2) is 0 Å². The van der Waals surface area contributed by atoms with Crippen LogP contribution < -0.4 is 5.32 Å². The predicted octanol–water partition coefficient (Wildman–Crippen LogP) is 5.55. The highest BCUT2D eigenvalue weighted by atomic mass is 16.5. The number of carbonyl (C=O) groups is 3. The molecule has 1 aliphatic rings. The van der Waals surface area contributed by atoms with E-state index in [0.29, 0.717) is 19.3 Å². The number of nitrogens with one attached hydrogen (secondary N) is 1. The number of aliphatic carboxylic acids is 1. The van der Waals surface area contributed by atoms with Crippen LogP contribution in [0.5, 0.6) is 0 Å². The van der Waals surface area contributed by atoms with Gasteiger partial charge < -0.3 is 15.2 Å². The Kier molecular flexibility index (Phi) is 8.72. The van der Waals surface area contributed by atoms with Crippen LogP contribution in [0.3, 0.4) is 0 Å². The van der Waals surface area contributed by atoms with E-state index in [9.17, 15) is 19.5 Å². The summed E-state index contributed by atoms with van der Waals surface area (Å²) in [6.45, 7) is 0.165. The Morgan fingerprint density at radius 3 is 2.03 bits per heavy atom. The molecule has 0 aromatic heterocycles. The fourth-order valence-electron chi connectivity index (χ4n) is 5.07. The van der Waals surface area contributed by atoms with Crippen LogP contribution in [0.25, 0.3) is 11.1 Å². The maximum atomic E-state index is 13.5. The third-order valence-electron chi connectivity index (χ3n) is 7.07. The maximum Gasteiger partial charge on any atom is 0.307 e. The summed E-state index contributed by atoms with van der Waals surface area (Å²) in [7, 11) is 0. The molecule has 6 heteroatoms. The topological polar surface area (TPSA) is 92.7 Å². The van der Waals surface area contributed by atoms with E-state index >= 15 is 0 Å². The summed E-state index contributed by atoms with van der Waals surface area (Å²) in [5, 5.41) is 12.5. The van der Waals surface area contributed by atoms with E-state index in [1.54, 1.807) is 0 Å². The Labute approximate surface area is 217 Å². The van der Waals surface area contributed by atoms with Crippen molar-refractivity contribution in [3.63, 3.8) is 0 Å². The lowest BCUT2D eigenvalue weighted by Gasteiger charge is -2.29. The first-order valence-corrected chi connectivity index (χ1v) is 12.8. The SMILES string of the molecule is O=C(O)CC(Cc1ccc(-c2ccccc2)cc1)NC(=O)C1(CC(=O)OCc2ccccc2)CCCC1. The van der Waals surface area contributed by atoms with Crippen molar-refractivity contribution in [2.75, 3.05) is 0 Å². The molecule has 1 aliphatic carbocycles. The van der Waals surface area contributed by atoms with Crippen molar-refractivity contribution < 1.29 is 24.2 Å². The number of carboxylic acids is 1. The molecule has 1 fully saturated rings. The Bertz CT molecular complexity index is 1190. The van der Waals surface area contributed by atoms with Crippen molar-refractivity contribution in [3.05, 3.63) is 96.1 Å². The summed E-state index contributed by atoms with van der Waals surface area (Å²) in [6.07, 6.45) is 3.07. The molecule has 1 unspecified atom stereocenters. The molecule has 0 saturated heterocycles. The largest absolute Gasteiger partial charge is 0.481 e. The molecule has 1 atom stereocenters. The van der Waals surface area contributed by atoms with Crippen molar-refractivity contribution in [1.29, 1.82) is 0 Å². The van der Waals surface area contributed by atoms with Gasteiger partial charge in [0.1, 0.15) is 6.61 Å². The molecule has 0 aliphatic heterocycles. The monoisotopic (exact) mass is 499 g/mol. The Morgan fingerprint density at radius 2 is 1.41 bits per heavy atom. The second kappa shape index (κ2) is 12.3. The first kappa shape index (κ1) is 26.1. The summed E-state index contributed by atoms with van der Waals surface area (Å²) in [6, 6.07) is 26.8. The second-order valence-corrected chi connectivity index (χ2v) is 9.85. The fraction of sp³-hybridized carbons (Fsp3) is 0.323. The fourth-order valence-corrected chi connectivity index (χ4v) is 5.07. The minimum absolute atomic E-state index is 0.00275. The summed E-state index contributed by atoms with van der Waals surface area (Å²) in [4.78, 5) is 37.8. The van der Waals surface area contributed by atoms with E-state index in [0.717, 1.165) is 35.1 Å². The smallest absolute Gasteiger partial charge is 0.307 e. The van der Waals surface area contributed by atoms with Gasteiger partial charge >= 0.3 is 11.9 Å². The van der Waals surface area contributed by atoms with E-state index in [-0.39, 0.29) is 25.4 Å². The van der Waals surface area contributed by atoms with Crippen molar-refractivity contribution in [1.82, 2.24) is 5.32 Å². The van der Waals surface area contributed by atoms with Crippen LogP contribution in [-0.2, 0) is 32.1 Å². The van der Waals surface area contributed by atoms with Gasteiger partial charge in [0.2, 0.25) is 5.91 Å². The molecule has 37 heavy (non-hydrogen) atoms. The normalized spacial score (nSPS) is 15.0. The minimum Gasteiger partial charge on any atom is -0.481 e. The molecule has 2 N–H and O–H groups in total. The van der Waals surface area contributed by atoms with Gasteiger partial charge in [-0.25, -0.2) is 0 Å². The lowest BCUT2D eigenvalue weighted by molar-refractivity contribution is -0.152. The number of carboxylic acid groups (broad SMARTS) is 1. The van der Waals surface area contributed by atoms with Crippen molar-refractivity contribution in [2.24, 2.45) is 5.41 Å². The molecule has 6 nitrogen and oxygen atoms in total. The van der Waals surface area contributed by atoms with Gasteiger partial charge in [-0.05, 0) is 41.5 Å². The number of rotatable bonds is 11. The molecule has 3 aromatic carbocycles. The predicted molar refractivity (Wildman–Crippen MR) is 142 cm³/mol. The standard InChI is InChI=1S/C31H33NO5/c33-28(34)20-27(19-23-13-15-26(16-14-23)25-11-5-2-6-12-25)32-30(36)31(17-7-8-18-31)21-29(35)37-22-24-9-3-1-4-10-24/h1-6,9-16,27H,7-8,17-22H2,(H,32,36)(H,33,34). The maximum absolute atomic E-state index is 13.5. The van der Waals surface area contributed by atoms with E-state index in [1.165, 1.54) is 0 Å². The van der Waals surface area contributed by atoms with Crippen molar-refractivity contribution in [2.45, 2.75) is 57.6 Å². The number of amides is 1. The first-order valence-electron chi connectivity index (χ1n) is 12.8. The summed E-state index contributed by atoms with van der Waals surface area (Å²) in [5.41, 5.74) is 3.14. The second-order valence-electron chi connectivity index (χ2n) is 9.85. The third-order valence-corrected chi connectivity index (χ3v) is 7.07. The highest BCUT2D eigenvalue weighted by molar-refractivity contribution is 5.88. The van der Waals surface area contributed by atoms with Gasteiger partial charge in [0.25, 0.3) is 0 Å². The quantitative estimate of drug-likeness (QED) is 0.338. The van der Waals surface area contributed by atoms with Gasteiger partial charge in [-0.2, -0.15) is 0 Å². The van der Waals surface area contributed by atoms with Gasteiger partial charge in [0.05, 0.1) is 18.3 Å². The van der Waals surface area contributed by atoms with E-state index in [2.05, 4.69) is 5.32 Å². The lowest BCUT2D eigenvalue weighted by Crippen LogP contribution is -2.47. The van der Waals surface area contributed by atoms with Gasteiger partial charge in [-0.1, -0.05) is 97.8 Å². The number of hydrogen-bond donors (Lipinski definition) is 2. The molecule has 0 spiro atoms. The number of ether oxygens (including phenoxy) is 1. The molecular formula is C31H33NO5. The molecule has 0 heterocycles.